The van der Waals surface area contributed by atoms with Crippen LogP contribution >= 0.6 is 11.6 Å². The van der Waals surface area contributed by atoms with E-state index in [0.29, 0.717) is 10.6 Å². The van der Waals surface area contributed by atoms with Gasteiger partial charge in [0.15, 0.2) is 5.78 Å². The Bertz CT molecular complexity index is 1310. The average molecular weight is 501 g/mol. The molecule has 178 valence electrons. The highest BCUT2D eigenvalue weighted by atomic mass is 35.5. The minimum atomic E-state index is -3.93. The molecule has 0 atom stereocenters. The minimum Gasteiger partial charge on any atom is -0.492 e. The Morgan fingerprint density at radius 1 is 0.971 bits per heavy atom. The first kappa shape index (κ1) is 25.4. The number of hydrogen-bond acceptors (Lipinski definition) is 5. The fourth-order valence-electron chi connectivity index (χ4n) is 3.26. The highest BCUT2D eigenvalue weighted by Crippen LogP contribution is 2.28. The van der Waals surface area contributed by atoms with Gasteiger partial charge in [-0.15, -0.1) is 0 Å². The highest BCUT2D eigenvalue weighted by molar-refractivity contribution is 7.89. The van der Waals surface area contributed by atoms with E-state index in [1.807, 2.05) is 0 Å². The van der Waals surface area contributed by atoms with Crippen LogP contribution in [0, 0.1) is 0 Å². The maximum absolute atomic E-state index is 13.1. The molecule has 0 bridgehead atoms. The number of carbonyl (C=O) groups excluding carboxylic acids is 2. The van der Waals surface area contributed by atoms with Crippen molar-refractivity contribution in [2.24, 2.45) is 0 Å². The summed E-state index contributed by atoms with van der Waals surface area (Å²) in [6.07, 6.45) is 0. The van der Waals surface area contributed by atoms with E-state index >= 15 is 0 Å². The third kappa shape index (κ3) is 6.02. The summed E-state index contributed by atoms with van der Waals surface area (Å²) in [5, 5.41) is 3.04. The van der Waals surface area contributed by atoms with Gasteiger partial charge in [0.05, 0.1) is 12.3 Å². The molecule has 34 heavy (non-hydrogen) atoms. The van der Waals surface area contributed by atoms with Crippen molar-refractivity contribution < 1.29 is 22.7 Å². The summed E-state index contributed by atoms with van der Waals surface area (Å²) in [5.41, 5.74) is 0.990. The summed E-state index contributed by atoms with van der Waals surface area (Å²) in [7, 11) is -3.93. The van der Waals surface area contributed by atoms with Gasteiger partial charge in [0.2, 0.25) is 10.0 Å². The molecule has 0 aromatic heterocycles. The van der Waals surface area contributed by atoms with E-state index in [0.717, 1.165) is 0 Å². The number of ether oxygens (including phenoxy) is 1. The lowest BCUT2D eigenvalue weighted by Crippen LogP contribution is -2.30. The topological polar surface area (TPSA) is 102 Å². The van der Waals surface area contributed by atoms with Crippen LogP contribution < -0.4 is 14.8 Å². The predicted molar refractivity (Wildman–Crippen MR) is 132 cm³/mol. The molecule has 0 unspecified atom stereocenters. The van der Waals surface area contributed by atoms with Gasteiger partial charge in [-0.3, -0.25) is 9.59 Å². The molecular weight excluding hydrogens is 476 g/mol. The van der Waals surface area contributed by atoms with Crippen LogP contribution in [0.2, 0.25) is 5.02 Å². The molecule has 0 aliphatic heterocycles. The molecule has 7 nitrogen and oxygen atoms in total. The van der Waals surface area contributed by atoms with Crippen molar-refractivity contribution >= 4 is 39.0 Å². The number of carbonyl (C=O) groups is 2. The SMILES string of the molecule is CCOc1ccc(C(=O)Nc2ccc(Cl)cc2C(=O)c2ccccc2)cc1S(=O)(=O)NC(C)C. The number of rotatable bonds is 9. The van der Waals surface area contributed by atoms with Crippen LogP contribution in [0.1, 0.15) is 47.1 Å². The van der Waals surface area contributed by atoms with Gasteiger partial charge in [-0.1, -0.05) is 41.9 Å². The minimum absolute atomic E-state index is 0.0839. The van der Waals surface area contributed by atoms with Crippen LogP contribution in [0.4, 0.5) is 5.69 Å². The third-order valence-corrected chi connectivity index (χ3v) is 6.61. The van der Waals surface area contributed by atoms with E-state index in [1.165, 1.54) is 30.3 Å². The number of benzene rings is 3. The Morgan fingerprint density at radius 3 is 2.32 bits per heavy atom. The fraction of sp³-hybridized carbons (Fsp3) is 0.200. The molecule has 9 heteroatoms. The molecule has 0 aliphatic rings. The number of ketones is 1. The Hall–Kier alpha value is -3.20. The van der Waals surface area contributed by atoms with Crippen molar-refractivity contribution in [3.63, 3.8) is 0 Å². The molecule has 0 radical (unpaired) electrons. The first-order valence-electron chi connectivity index (χ1n) is 10.6. The number of sulfonamides is 1. The lowest BCUT2D eigenvalue weighted by Gasteiger charge is -2.15. The van der Waals surface area contributed by atoms with Crippen molar-refractivity contribution in [1.82, 2.24) is 4.72 Å². The molecule has 0 heterocycles. The number of nitrogens with one attached hydrogen (secondary N) is 2. The summed E-state index contributed by atoms with van der Waals surface area (Å²) in [6, 6.07) is 17.0. The van der Waals surface area contributed by atoms with Crippen LogP contribution in [0.25, 0.3) is 0 Å². The monoisotopic (exact) mass is 500 g/mol. The fourth-order valence-corrected chi connectivity index (χ4v) is 4.85. The molecule has 0 saturated heterocycles. The van der Waals surface area contributed by atoms with Crippen LogP contribution in [0.3, 0.4) is 0 Å². The Kier molecular flexibility index (Phi) is 8.09. The van der Waals surface area contributed by atoms with Crippen LogP contribution in [0.5, 0.6) is 5.75 Å². The van der Waals surface area contributed by atoms with Crippen LogP contribution in [-0.4, -0.2) is 32.8 Å². The molecule has 1 amide bonds. The van der Waals surface area contributed by atoms with Gasteiger partial charge in [-0.25, -0.2) is 13.1 Å². The molecule has 2 N–H and O–H groups in total. The highest BCUT2D eigenvalue weighted by Gasteiger charge is 2.23. The second-order valence-electron chi connectivity index (χ2n) is 7.71. The maximum Gasteiger partial charge on any atom is 0.255 e. The molecular formula is C25H25ClN2O5S. The van der Waals surface area contributed by atoms with Crippen LogP contribution in [-0.2, 0) is 10.0 Å². The van der Waals surface area contributed by atoms with E-state index in [-0.39, 0.29) is 45.9 Å². The standard InChI is InChI=1S/C25H25ClN2O5S/c1-4-33-22-13-10-18(14-23(22)34(31,32)28-16(2)3)25(30)27-21-12-11-19(26)15-20(21)24(29)17-8-6-5-7-9-17/h5-16,28H,4H2,1-3H3,(H,27,30). The van der Waals surface area contributed by atoms with Gasteiger partial charge >= 0.3 is 0 Å². The number of anilines is 1. The first-order chi connectivity index (χ1) is 16.1. The number of halogens is 1. The van der Waals surface area contributed by atoms with Crippen molar-refractivity contribution in [2.75, 3.05) is 11.9 Å². The average Bonchev–Trinajstić information content (AvgIpc) is 2.79. The smallest absolute Gasteiger partial charge is 0.255 e. The zero-order valence-electron chi connectivity index (χ0n) is 19.0. The molecule has 3 rings (SSSR count). The maximum atomic E-state index is 13.1. The molecule has 0 aliphatic carbocycles. The summed E-state index contributed by atoms with van der Waals surface area (Å²) in [6.45, 7) is 5.38. The van der Waals surface area contributed by atoms with E-state index in [1.54, 1.807) is 57.2 Å². The van der Waals surface area contributed by atoms with Crippen LogP contribution in [0.15, 0.2) is 71.6 Å². The lowest BCUT2D eigenvalue weighted by molar-refractivity contribution is 0.102. The van der Waals surface area contributed by atoms with Gasteiger partial charge < -0.3 is 10.1 Å². The zero-order chi connectivity index (χ0) is 24.9. The molecule has 3 aromatic rings. The normalized spacial score (nSPS) is 11.3. The number of amides is 1. The van der Waals surface area contributed by atoms with E-state index in [2.05, 4.69) is 10.0 Å². The second kappa shape index (κ2) is 10.8. The summed E-state index contributed by atoms with van der Waals surface area (Å²) in [5.74, 6) is -0.762. The van der Waals surface area contributed by atoms with E-state index in [9.17, 15) is 18.0 Å². The number of hydrogen-bond donors (Lipinski definition) is 2. The van der Waals surface area contributed by atoms with Gasteiger partial charge in [-0.2, -0.15) is 0 Å². The lowest BCUT2D eigenvalue weighted by atomic mass is 10.0. The zero-order valence-corrected chi connectivity index (χ0v) is 20.5. The Morgan fingerprint density at radius 2 is 1.68 bits per heavy atom. The molecule has 0 spiro atoms. The van der Waals surface area contributed by atoms with Crippen molar-refractivity contribution in [2.45, 2.75) is 31.7 Å². The summed E-state index contributed by atoms with van der Waals surface area (Å²) >= 11 is 6.11. The Balaban J connectivity index is 1.98. The van der Waals surface area contributed by atoms with Crippen molar-refractivity contribution in [3.8, 4) is 5.75 Å². The molecule has 0 fully saturated rings. The van der Waals surface area contributed by atoms with Gasteiger partial charge in [0.25, 0.3) is 5.91 Å². The van der Waals surface area contributed by atoms with Gasteiger partial charge in [0, 0.05) is 27.8 Å². The third-order valence-electron chi connectivity index (χ3n) is 4.70. The van der Waals surface area contributed by atoms with E-state index in [4.69, 9.17) is 16.3 Å². The largest absolute Gasteiger partial charge is 0.492 e. The molecule has 3 aromatic carbocycles. The molecule has 0 saturated carbocycles. The van der Waals surface area contributed by atoms with Crippen molar-refractivity contribution in [3.05, 3.63) is 88.4 Å². The summed E-state index contributed by atoms with van der Waals surface area (Å²) < 4.78 is 33.6. The first-order valence-corrected chi connectivity index (χ1v) is 12.5. The quantitative estimate of drug-likeness (QED) is 0.406. The predicted octanol–water partition coefficient (Wildman–Crippen LogP) is 4.91. The second-order valence-corrected chi connectivity index (χ2v) is 9.83. The summed E-state index contributed by atoms with van der Waals surface area (Å²) in [4.78, 5) is 26.0. The van der Waals surface area contributed by atoms with E-state index < -0.39 is 15.9 Å². The van der Waals surface area contributed by atoms with Gasteiger partial charge in [-0.05, 0) is 57.2 Å². The van der Waals surface area contributed by atoms with Crippen molar-refractivity contribution in [1.29, 1.82) is 0 Å². The van der Waals surface area contributed by atoms with Gasteiger partial charge in [0.1, 0.15) is 10.6 Å². The Labute approximate surface area is 204 Å².